The maximum Gasteiger partial charge on any atom is 0.326 e. The van der Waals surface area contributed by atoms with Crippen LogP contribution in [0.25, 0.3) is 0 Å². The summed E-state index contributed by atoms with van der Waals surface area (Å²) in [5.74, 6) is -6.64. The minimum absolute atomic E-state index is 0.0235. The van der Waals surface area contributed by atoms with Crippen molar-refractivity contribution in [2.75, 3.05) is 6.54 Å². The summed E-state index contributed by atoms with van der Waals surface area (Å²) < 4.78 is 0. The minimum Gasteiger partial charge on any atom is -0.508 e. The molecule has 16 heteroatoms. The summed E-state index contributed by atoms with van der Waals surface area (Å²) in [5.41, 5.74) is 7.61. The van der Waals surface area contributed by atoms with E-state index in [4.69, 9.17) is 5.73 Å². The number of phenols is 1. The average Bonchev–Trinajstić information content (AvgIpc) is 3.61. The van der Waals surface area contributed by atoms with Crippen molar-refractivity contribution in [3.05, 3.63) is 65.7 Å². The first-order valence-electron chi connectivity index (χ1n) is 18.5. The monoisotopic (exact) mass is 766 g/mol. The Morgan fingerprint density at radius 1 is 0.709 bits per heavy atom. The summed E-state index contributed by atoms with van der Waals surface area (Å²) in [6, 6.07) is 7.53. The highest BCUT2D eigenvalue weighted by Crippen LogP contribution is 2.21. The van der Waals surface area contributed by atoms with Crippen LogP contribution in [0, 0.1) is 11.8 Å². The molecule has 0 radical (unpaired) electrons. The van der Waals surface area contributed by atoms with Gasteiger partial charge in [-0.2, -0.15) is 0 Å². The van der Waals surface area contributed by atoms with E-state index in [-0.39, 0.29) is 49.8 Å². The number of benzene rings is 2. The SMILES string of the molecule is CC(C)C[C@H](NC(=O)C1CCCN1C(=O)[C@@H](N)Cc1ccc(O)cc1)C(=O)N[C@@H](CC(=O)O)C(=O)N[C@@H](CC(C)C)C(=O)N[C@@H](Cc1ccccc1)C(=O)O. The van der Waals surface area contributed by atoms with Crippen molar-refractivity contribution in [1.82, 2.24) is 26.2 Å². The fourth-order valence-electron chi connectivity index (χ4n) is 6.41. The van der Waals surface area contributed by atoms with E-state index >= 15 is 0 Å². The number of rotatable bonds is 20. The second kappa shape index (κ2) is 20.8. The van der Waals surface area contributed by atoms with Gasteiger partial charge in [0.05, 0.1) is 12.5 Å². The van der Waals surface area contributed by atoms with Crippen molar-refractivity contribution in [1.29, 1.82) is 0 Å². The van der Waals surface area contributed by atoms with Crippen LogP contribution >= 0.6 is 0 Å². The molecule has 1 saturated heterocycles. The fraction of sp³-hybridized carbons (Fsp3) is 0.513. The van der Waals surface area contributed by atoms with Crippen LogP contribution < -0.4 is 27.0 Å². The van der Waals surface area contributed by atoms with Crippen molar-refractivity contribution in [2.45, 2.75) is 109 Å². The number of aliphatic carboxylic acids is 2. The van der Waals surface area contributed by atoms with Gasteiger partial charge in [0.1, 0.15) is 36.0 Å². The summed E-state index contributed by atoms with van der Waals surface area (Å²) in [5, 5.41) is 39.1. The number of carbonyl (C=O) groups is 7. The number of likely N-dealkylation sites (tertiary alicyclic amines) is 1. The Morgan fingerprint density at radius 2 is 1.22 bits per heavy atom. The maximum absolute atomic E-state index is 13.7. The molecular formula is C39H54N6O10. The molecule has 1 aliphatic rings. The van der Waals surface area contributed by atoms with Gasteiger partial charge in [0.2, 0.25) is 29.5 Å². The number of nitrogens with two attached hydrogens (primary N) is 1. The molecule has 300 valence electrons. The average molecular weight is 767 g/mol. The van der Waals surface area contributed by atoms with Crippen LogP contribution in [-0.4, -0.2) is 104 Å². The zero-order chi connectivity index (χ0) is 40.8. The molecule has 0 aromatic heterocycles. The van der Waals surface area contributed by atoms with Crippen LogP contribution in [0.4, 0.5) is 0 Å². The first kappa shape index (κ1) is 43.9. The molecule has 0 bridgehead atoms. The molecule has 2 aromatic carbocycles. The third-order valence-electron chi connectivity index (χ3n) is 9.14. The fourth-order valence-corrected chi connectivity index (χ4v) is 6.41. The first-order chi connectivity index (χ1) is 25.9. The lowest BCUT2D eigenvalue weighted by Crippen LogP contribution is -2.59. The maximum atomic E-state index is 13.7. The van der Waals surface area contributed by atoms with Gasteiger partial charge in [-0.1, -0.05) is 70.2 Å². The van der Waals surface area contributed by atoms with Gasteiger partial charge in [-0.25, -0.2) is 4.79 Å². The normalized spacial score (nSPS) is 16.7. The van der Waals surface area contributed by atoms with Gasteiger partial charge in [0.15, 0.2) is 0 Å². The molecule has 1 unspecified atom stereocenters. The van der Waals surface area contributed by atoms with Gasteiger partial charge in [-0.05, 0) is 67.2 Å². The molecule has 0 saturated carbocycles. The second-order valence-electron chi connectivity index (χ2n) is 14.8. The molecule has 55 heavy (non-hydrogen) atoms. The van der Waals surface area contributed by atoms with Gasteiger partial charge in [0, 0.05) is 13.0 Å². The molecule has 1 heterocycles. The smallest absolute Gasteiger partial charge is 0.326 e. The van der Waals surface area contributed by atoms with Gasteiger partial charge in [-0.15, -0.1) is 0 Å². The third-order valence-corrected chi connectivity index (χ3v) is 9.14. The molecule has 3 rings (SSSR count). The second-order valence-corrected chi connectivity index (χ2v) is 14.8. The number of amides is 5. The van der Waals surface area contributed by atoms with E-state index in [9.17, 15) is 48.9 Å². The summed E-state index contributed by atoms with van der Waals surface area (Å²) in [6.07, 6.45) is 0.304. The van der Waals surface area contributed by atoms with Gasteiger partial charge in [0.25, 0.3) is 0 Å². The molecule has 2 aromatic rings. The van der Waals surface area contributed by atoms with Crippen molar-refractivity contribution in [3.8, 4) is 5.75 Å². The highest BCUT2D eigenvalue weighted by molar-refractivity contribution is 5.97. The zero-order valence-corrected chi connectivity index (χ0v) is 31.7. The lowest BCUT2D eigenvalue weighted by Gasteiger charge is -2.29. The van der Waals surface area contributed by atoms with Crippen LogP contribution in [0.15, 0.2) is 54.6 Å². The van der Waals surface area contributed by atoms with E-state index in [0.29, 0.717) is 18.4 Å². The largest absolute Gasteiger partial charge is 0.508 e. The standard InChI is InChI=1S/C39H54N6O10/c1-22(2)17-28(35(50)44-31(39(54)55)20-24-9-6-5-7-10-24)41-36(51)30(21-33(47)48)42-34(49)29(18-23(3)4)43-37(52)32-11-8-16-45(32)38(53)27(40)19-25-12-14-26(46)15-13-25/h5-7,9-10,12-15,22-23,27-32,46H,8,11,16-21,40H2,1-4H3,(H,41,51)(H,42,49)(H,43,52)(H,44,50)(H,47,48)(H,54,55)/t27-,28-,29-,30-,31-,32?/m0/s1. The summed E-state index contributed by atoms with van der Waals surface area (Å²) >= 11 is 0. The van der Waals surface area contributed by atoms with E-state index in [1.807, 2.05) is 0 Å². The lowest BCUT2D eigenvalue weighted by molar-refractivity contribution is -0.143. The highest BCUT2D eigenvalue weighted by atomic mass is 16.4. The van der Waals surface area contributed by atoms with Crippen molar-refractivity contribution in [2.24, 2.45) is 17.6 Å². The lowest BCUT2D eigenvalue weighted by atomic mass is 10.00. The molecule has 5 amide bonds. The number of nitrogens with zero attached hydrogens (tertiary/aromatic N) is 1. The van der Waals surface area contributed by atoms with Crippen molar-refractivity contribution < 1.29 is 48.9 Å². The number of aromatic hydroxyl groups is 1. The van der Waals surface area contributed by atoms with E-state index in [1.54, 1.807) is 70.2 Å². The van der Waals surface area contributed by atoms with Crippen molar-refractivity contribution in [3.63, 3.8) is 0 Å². The molecule has 6 atom stereocenters. The Hall–Kier alpha value is -5.51. The number of hydrogen-bond acceptors (Lipinski definition) is 9. The summed E-state index contributed by atoms with van der Waals surface area (Å²) in [7, 11) is 0. The zero-order valence-electron chi connectivity index (χ0n) is 31.7. The third kappa shape index (κ3) is 14.0. The van der Waals surface area contributed by atoms with Gasteiger partial charge < -0.3 is 47.2 Å². The van der Waals surface area contributed by atoms with Crippen LogP contribution in [0.1, 0.15) is 70.9 Å². The highest BCUT2D eigenvalue weighted by Gasteiger charge is 2.39. The summed E-state index contributed by atoms with van der Waals surface area (Å²) in [6.45, 7) is 7.44. The number of carboxylic acid groups (broad SMARTS) is 2. The predicted octanol–water partition coefficient (Wildman–Crippen LogP) is 1.09. The Morgan fingerprint density at radius 3 is 1.76 bits per heavy atom. The Kier molecular flexibility index (Phi) is 16.6. The number of phenolic OH excluding ortho intramolecular Hbond substituents is 1. The molecule has 0 spiro atoms. The molecule has 1 fully saturated rings. The predicted molar refractivity (Wildman–Crippen MR) is 201 cm³/mol. The van der Waals surface area contributed by atoms with Crippen LogP contribution in [0.2, 0.25) is 0 Å². The van der Waals surface area contributed by atoms with Gasteiger partial charge in [-0.3, -0.25) is 28.8 Å². The van der Waals surface area contributed by atoms with Crippen LogP contribution in [0.3, 0.4) is 0 Å². The Balaban J connectivity index is 1.73. The van der Waals surface area contributed by atoms with Crippen molar-refractivity contribution >= 4 is 41.5 Å². The van der Waals surface area contributed by atoms with Gasteiger partial charge >= 0.3 is 11.9 Å². The number of carbonyl (C=O) groups excluding carboxylic acids is 5. The topological polar surface area (TPSA) is 258 Å². The number of hydrogen-bond donors (Lipinski definition) is 8. The van der Waals surface area contributed by atoms with E-state index < -0.39 is 84.1 Å². The first-order valence-corrected chi connectivity index (χ1v) is 18.5. The molecule has 16 nitrogen and oxygen atoms in total. The Labute approximate surface area is 320 Å². The quantitative estimate of drug-likeness (QED) is 0.0946. The number of carboxylic acids is 2. The molecule has 0 aliphatic carbocycles. The summed E-state index contributed by atoms with van der Waals surface area (Å²) in [4.78, 5) is 93.0. The molecular weight excluding hydrogens is 712 g/mol. The van der Waals surface area contributed by atoms with E-state index in [0.717, 1.165) is 5.56 Å². The van der Waals surface area contributed by atoms with E-state index in [2.05, 4.69) is 21.3 Å². The Bertz CT molecular complexity index is 1650. The van der Waals surface area contributed by atoms with E-state index in [1.165, 1.54) is 17.0 Å². The number of nitrogens with one attached hydrogen (secondary N) is 4. The minimum atomic E-state index is -1.67. The van der Waals surface area contributed by atoms with Crippen LogP contribution in [-0.2, 0) is 46.4 Å². The molecule has 1 aliphatic heterocycles. The van der Waals surface area contributed by atoms with Crippen LogP contribution in [0.5, 0.6) is 5.75 Å². The molecule has 9 N–H and O–H groups in total.